The van der Waals surface area contributed by atoms with Gasteiger partial charge in [0, 0.05) is 12.2 Å². The molecule has 0 aliphatic carbocycles. The topological polar surface area (TPSA) is 38.0 Å². The van der Waals surface area contributed by atoms with Gasteiger partial charge in [0.05, 0.1) is 0 Å². The first-order valence-corrected chi connectivity index (χ1v) is 4.83. The summed E-state index contributed by atoms with van der Waals surface area (Å²) in [6.07, 6.45) is 1.13. The quantitative estimate of drug-likeness (QED) is 0.681. The second kappa shape index (κ2) is 3.38. The van der Waals surface area contributed by atoms with Crippen LogP contribution in [0.25, 0.3) is 0 Å². The number of nitrogens with two attached hydrogens (primary N) is 1. The smallest absolute Gasteiger partial charge is 0.0375 e. The van der Waals surface area contributed by atoms with E-state index >= 15 is 0 Å². The lowest BCUT2D eigenvalue weighted by atomic mass is 9.91. The number of aryl methyl sites for hydroxylation is 1. The number of fused-ring (bicyclic) bond motifs is 1. The van der Waals surface area contributed by atoms with Crippen LogP contribution in [0.4, 0.5) is 5.69 Å². The predicted molar refractivity (Wildman–Crippen MR) is 55.9 cm³/mol. The van der Waals surface area contributed by atoms with E-state index in [0.29, 0.717) is 5.92 Å². The van der Waals surface area contributed by atoms with E-state index in [1.54, 1.807) is 0 Å². The summed E-state index contributed by atoms with van der Waals surface area (Å²) in [4.78, 5) is 0. The molecular weight excluding hydrogens is 160 g/mol. The number of nitrogens with one attached hydrogen (secondary N) is 1. The minimum atomic E-state index is 0.605. The molecule has 1 heterocycles. The van der Waals surface area contributed by atoms with Crippen molar-refractivity contribution in [1.29, 1.82) is 0 Å². The Bertz CT molecular complexity index is 307. The second-order valence-corrected chi connectivity index (χ2v) is 3.79. The Labute approximate surface area is 79.1 Å². The first-order chi connectivity index (χ1) is 6.31. The fourth-order valence-corrected chi connectivity index (χ4v) is 1.92. The molecule has 0 saturated heterocycles. The molecule has 2 rings (SSSR count). The molecule has 0 saturated carbocycles. The minimum absolute atomic E-state index is 0.605. The zero-order valence-electron chi connectivity index (χ0n) is 8.01. The Morgan fingerprint density at radius 1 is 1.54 bits per heavy atom. The highest BCUT2D eigenvalue weighted by molar-refractivity contribution is 5.56. The van der Waals surface area contributed by atoms with Crippen LogP contribution in [0.2, 0.25) is 0 Å². The van der Waals surface area contributed by atoms with Crippen LogP contribution in [0.15, 0.2) is 18.2 Å². The second-order valence-electron chi connectivity index (χ2n) is 3.79. The van der Waals surface area contributed by atoms with Gasteiger partial charge in [0.2, 0.25) is 0 Å². The van der Waals surface area contributed by atoms with Crippen LogP contribution in [0.5, 0.6) is 0 Å². The average Bonchev–Trinajstić information content (AvgIpc) is 2.18. The fraction of sp³-hybridized carbons (Fsp3) is 0.455. The highest BCUT2D eigenvalue weighted by Crippen LogP contribution is 2.26. The van der Waals surface area contributed by atoms with Gasteiger partial charge in [0.25, 0.3) is 0 Å². The van der Waals surface area contributed by atoms with E-state index in [1.807, 2.05) is 0 Å². The van der Waals surface area contributed by atoms with Crippen molar-refractivity contribution in [2.75, 3.05) is 18.4 Å². The molecule has 1 aromatic carbocycles. The van der Waals surface area contributed by atoms with Gasteiger partial charge in [-0.15, -0.1) is 0 Å². The van der Waals surface area contributed by atoms with Crippen molar-refractivity contribution in [3.63, 3.8) is 0 Å². The molecule has 2 heteroatoms. The van der Waals surface area contributed by atoms with Gasteiger partial charge in [-0.2, -0.15) is 0 Å². The van der Waals surface area contributed by atoms with Gasteiger partial charge >= 0.3 is 0 Å². The van der Waals surface area contributed by atoms with Gasteiger partial charge in [-0.1, -0.05) is 12.1 Å². The molecule has 0 spiro atoms. The SMILES string of the molecule is Cc1cccc2c1CC(CN)CN2. The summed E-state index contributed by atoms with van der Waals surface area (Å²) in [5.74, 6) is 0.605. The number of hydrogen-bond donors (Lipinski definition) is 2. The molecule has 13 heavy (non-hydrogen) atoms. The normalized spacial score (nSPS) is 20.6. The average molecular weight is 176 g/mol. The lowest BCUT2D eigenvalue weighted by molar-refractivity contribution is 0.548. The van der Waals surface area contributed by atoms with E-state index in [4.69, 9.17) is 5.73 Å². The molecular formula is C11H16N2. The lowest BCUT2D eigenvalue weighted by Gasteiger charge is -2.26. The van der Waals surface area contributed by atoms with Gasteiger partial charge in [0.1, 0.15) is 0 Å². The molecule has 1 aliphatic heterocycles. The van der Waals surface area contributed by atoms with Crippen molar-refractivity contribution in [1.82, 2.24) is 0 Å². The van der Waals surface area contributed by atoms with Crippen LogP contribution in [0, 0.1) is 12.8 Å². The number of benzene rings is 1. The number of anilines is 1. The molecule has 3 N–H and O–H groups in total. The largest absolute Gasteiger partial charge is 0.384 e. The summed E-state index contributed by atoms with van der Waals surface area (Å²) < 4.78 is 0. The lowest BCUT2D eigenvalue weighted by Crippen LogP contribution is -2.29. The van der Waals surface area contributed by atoms with Crippen LogP contribution in [-0.4, -0.2) is 13.1 Å². The molecule has 0 aromatic heterocycles. The van der Waals surface area contributed by atoms with Crippen molar-refractivity contribution in [3.8, 4) is 0 Å². The van der Waals surface area contributed by atoms with E-state index in [0.717, 1.165) is 19.5 Å². The molecule has 1 aromatic rings. The Morgan fingerprint density at radius 3 is 3.15 bits per heavy atom. The third kappa shape index (κ3) is 1.54. The van der Waals surface area contributed by atoms with Crippen LogP contribution in [0.1, 0.15) is 11.1 Å². The van der Waals surface area contributed by atoms with E-state index < -0.39 is 0 Å². The fourth-order valence-electron chi connectivity index (χ4n) is 1.92. The summed E-state index contributed by atoms with van der Waals surface area (Å²) in [6, 6.07) is 6.42. The summed E-state index contributed by atoms with van der Waals surface area (Å²) in [5, 5.41) is 3.42. The number of rotatable bonds is 1. The summed E-state index contributed by atoms with van der Waals surface area (Å²) in [5.41, 5.74) is 9.79. The highest BCUT2D eigenvalue weighted by Gasteiger charge is 2.17. The van der Waals surface area contributed by atoms with Crippen LogP contribution in [0.3, 0.4) is 0 Å². The third-order valence-electron chi connectivity index (χ3n) is 2.82. The number of hydrogen-bond acceptors (Lipinski definition) is 2. The van der Waals surface area contributed by atoms with Gasteiger partial charge in [0.15, 0.2) is 0 Å². The molecule has 0 fully saturated rings. The molecule has 1 unspecified atom stereocenters. The Balaban J connectivity index is 2.32. The van der Waals surface area contributed by atoms with Crippen molar-refractivity contribution in [2.45, 2.75) is 13.3 Å². The monoisotopic (exact) mass is 176 g/mol. The molecule has 70 valence electrons. The van der Waals surface area contributed by atoms with Crippen molar-refractivity contribution in [2.24, 2.45) is 11.7 Å². The molecule has 0 bridgehead atoms. The first-order valence-electron chi connectivity index (χ1n) is 4.83. The summed E-state index contributed by atoms with van der Waals surface area (Å²) >= 11 is 0. The van der Waals surface area contributed by atoms with Gasteiger partial charge in [-0.3, -0.25) is 0 Å². The molecule has 1 atom stereocenters. The Kier molecular flexibility index (Phi) is 2.23. The maximum absolute atomic E-state index is 5.67. The van der Waals surface area contributed by atoms with Gasteiger partial charge < -0.3 is 11.1 Å². The Hall–Kier alpha value is -1.02. The molecule has 0 radical (unpaired) electrons. The third-order valence-corrected chi connectivity index (χ3v) is 2.82. The standard InChI is InChI=1S/C11H16N2/c1-8-3-2-4-11-10(8)5-9(6-12)7-13-11/h2-4,9,13H,5-7,12H2,1H3. The Morgan fingerprint density at radius 2 is 2.38 bits per heavy atom. The van der Waals surface area contributed by atoms with Crippen molar-refractivity contribution >= 4 is 5.69 Å². The maximum atomic E-state index is 5.67. The molecule has 1 aliphatic rings. The maximum Gasteiger partial charge on any atom is 0.0375 e. The zero-order valence-corrected chi connectivity index (χ0v) is 8.01. The van der Waals surface area contributed by atoms with E-state index in [1.165, 1.54) is 16.8 Å². The van der Waals surface area contributed by atoms with Crippen molar-refractivity contribution in [3.05, 3.63) is 29.3 Å². The predicted octanol–water partition coefficient (Wildman–Crippen LogP) is 1.54. The minimum Gasteiger partial charge on any atom is -0.384 e. The zero-order chi connectivity index (χ0) is 9.26. The summed E-state index contributed by atoms with van der Waals surface area (Å²) in [6.45, 7) is 3.97. The van der Waals surface area contributed by atoms with Crippen LogP contribution in [-0.2, 0) is 6.42 Å². The van der Waals surface area contributed by atoms with E-state index in [-0.39, 0.29) is 0 Å². The van der Waals surface area contributed by atoms with E-state index in [9.17, 15) is 0 Å². The van der Waals surface area contributed by atoms with Gasteiger partial charge in [-0.05, 0) is 43.0 Å². The van der Waals surface area contributed by atoms with Crippen LogP contribution >= 0.6 is 0 Å². The van der Waals surface area contributed by atoms with Crippen LogP contribution < -0.4 is 11.1 Å². The summed E-state index contributed by atoms with van der Waals surface area (Å²) in [7, 11) is 0. The van der Waals surface area contributed by atoms with E-state index in [2.05, 4.69) is 30.4 Å². The van der Waals surface area contributed by atoms with Crippen molar-refractivity contribution < 1.29 is 0 Å². The molecule has 0 amide bonds. The molecule has 2 nitrogen and oxygen atoms in total. The van der Waals surface area contributed by atoms with Gasteiger partial charge in [-0.25, -0.2) is 0 Å². The highest BCUT2D eigenvalue weighted by atomic mass is 14.9. The first kappa shape index (κ1) is 8.57.